The molecule has 0 radical (unpaired) electrons. The standard InChI is InChI=1S/C17H16BrNO/c1-12-4-3-5-16-15(12)8-9-19(16)11-13-10-14(18)6-7-17(13)20-2/h3-10H,11H2,1-2H3. The fourth-order valence-electron chi connectivity index (χ4n) is 2.57. The molecule has 0 atom stereocenters. The normalized spacial score (nSPS) is 10.9. The Balaban J connectivity index is 2.06. The van der Waals surface area contributed by atoms with Gasteiger partial charge in [0.05, 0.1) is 13.7 Å². The van der Waals surface area contributed by atoms with Crippen molar-refractivity contribution in [3.8, 4) is 5.75 Å². The molecule has 0 amide bonds. The third kappa shape index (κ3) is 2.34. The van der Waals surface area contributed by atoms with E-state index in [9.17, 15) is 0 Å². The second kappa shape index (κ2) is 5.33. The Morgan fingerprint density at radius 3 is 2.80 bits per heavy atom. The Kier molecular flexibility index (Phi) is 3.53. The summed E-state index contributed by atoms with van der Waals surface area (Å²) >= 11 is 3.53. The maximum atomic E-state index is 5.45. The van der Waals surface area contributed by atoms with Gasteiger partial charge in [0.15, 0.2) is 0 Å². The van der Waals surface area contributed by atoms with Crippen molar-refractivity contribution in [2.24, 2.45) is 0 Å². The lowest BCUT2D eigenvalue weighted by Crippen LogP contribution is -2.00. The number of methoxy groups -OCH3 is 1. The van der Waals surface area contributed by atoms with Gasteiger partial charge in [-0.15, -0.1) is 0 Å². The second-order valence-corrected chi connectivity index (χ2v) is 5.82. The van der Waals surface area contributed by atoms with Crippen molar-refractivity contribution in [2.75, 3.05) is 7.11 Å². The van der Waals surface area contributed by atoms with Crippen molar-refractivity contribution < 1.29 is 4.74 Å². The van der Waals surface area contributed by atoms with Crippen LogP contribution in [0.1, 0.15) is 11.1 Å². The van der Waals surface area contributed by atoms with E-state index in [1.54, 1.807) is 7.11 Å². The quantitative estimate of drug-likeness (QED) is 0.675. The first-order chi connectivity index (χ1) is 9.69. The lowest BCUT2D eigenvalue weighted by atomic mass is 10.1. The minimum atomic E-state index is 0.801. The van der Waals surface area contributed by atoms with Crippen molar-refractivity contribution in [1.82, 2.24) is 4.57 Å². The fourth-order valence-corrected chi connectivity index (χ4v) is 2.98. The first-order valence-corrected chi connectivity index (χ1v) is 7.35. The molecule has 0 aliphatic heterocycles. The molecule has 0 bridgehead atoms. The zero-order chi connectivity index (χ0) is 14.1. The van der Waals surface area contributed by atoms with Crippen LogP contribution in [0.5, 0.6) is 5.75 Å². The molecule has 3 aromatic rings. The predicted octanol–water partition coefficient (Wildman–Crippen LogP) is 4.77. The summed E-state index contributed by atoms with van der Waals surface area (Å²) in [4.78, 5) is 0. The van der Waals surface area contributed by atoms with Gasteiger partial charge in [-0.2, -0.15) is 0 Å². The van der Waals surface area contributed by atoms with Gasteiger partial charge in [0.25, 0.3) is 0 Å². The van der Waals surface area contributed by atoms with Crippen molar-refractivity contribution in [3.63, 3.8) is 0 Å². The number of aromatic nitrogens is 1. The lowest BCUT2D eigenvalue weighted by Gasteiger charge is -2.11. The highest BCUT2D eigenvalue weighted by Crippen LogP contribution is 2.26. The van der Waals surface area contributed by atoms with E-state index in [4.69, 9.17) is 4.74 Å². The van der Waals surface area contributed by atoms with Gasteiger partial charge in [-0.05, 0) is 42.8 Å². The van der Waals surface area contributed by atoms with Crippen LogP contribution in [0.2, 0.25) is 0 Å². The van der Waals surface area contributed by atoms with E-state index in [1.165, 1.54) is 22.0 Å². The van der Waals surface area contributed by atoms with Crippen LogP contribution in [-0.2, 0) is 6.54 Å². The van der Waals surface area contributed by atoms with Crippen molar-refractivity contribution in [3.05, 3.63) is 64.3 Å². The molecule has 102 valence electrons. The Morgan fingerprint density at radius 2 is 2.00 bits per heavy atom. The van der Waals surface area contributed by atoms with Gasteiger partial charge in [0.1, 0.15) is 5.75 Å². The highest BCUT2D eigenvalue weighted by atomic mass is 79.9. The van der Waals surface area contributed by atoms with Crippen LogP contribution < -0.4 is 4.74 Å². The molecule has 0 aliphatic carbocycles. The van der Waals surface area contributed by atoms with E-state index in [0.717, 1.165) is 16.8 Å². The summed E-state index contributed by atoms with van der Waals surface area (Å²) in [6, 6.07) is 14.7. The zero-order valence-corrected chi connectivity index (χ0v) is 13.1. The number of hydrogen-bond donors (Lipinski definition) is 0. The molecule has 0 aliphatic rings. The Morgan fingerprint density at radius 1 is 1.15 bits per heavy atom. The molecule has 2 nitrogen and oxygen atoms in total. The number of rotatable bonds is 3. The van der Waals surface area contributed by atoms with Gasteiger partial charge in [-0.3, -0.25) is 0 Å². The molecule has 1 aromatic heterocycles. The molecular weight excluding hydrogens is 314 g/mol. The molecule has 0 spiro atoms. The average Bonchev–Trinajstić information content (AvgIpc) is 2.84. The van der Waals surface area contributed by atoms with E-state index in [-0.39, 0.29) is 0 Å². The predicted molar refractivity (Wildman–Crippen MR) is 86.5 cm³/mol. The highest BCUT2D eigenvalue weighted by Gasteiger charge is 2.07. The van der Waals surface area contributed by atoms with Crippen LogP contribution in [-0.4, -0.2) is 11.7 Å². The lowest BCUT2D eigenvalue weighted by molar-refractivity contribution is 0.408. The maximum Gasteiger partial charge on any atom is 0.123 e. The minimum Gasteiger partial charge on any atom is -0.496 e. The van der Waals surface area contributed by atoms with Gasteiger partial charge >= 0.3 is 0 Å². The van der Waals surface area contributed by atoms with Crippen molar-refractivity contribution in [2.45, 2.75) is 13.5 Å². The molecule has 3 heteroatoms. The first-order valence-electron chi connectivity index (χ1n) is 6.56. The third-order valence-corrected chi connectivity index (χ3v) is 4.11. The van der Waals surface area contributed by atoms with Gasteiger partial charge in [-0.1, -0.05) is 28.1 Å². The highest BCUT2D eigenvalue weighted by molar-refractivity contribution is 9.10. The Labute approximate surface area is 127 Å². The smallest absolute Gasteiger partial charge is 0.123 e. The summed E-state index contributed by atoms with van der Waals surface area (Å²) in [6.07, 6.45) is 2.14. The first kappa shape index (κ1) is 13.3. The minimum absolute atomic E-state index is 0.801. The number of fused-ring (bicyclic) bond motifs is 1. The summed E-state index contributed by atoms with van der Waals surface area (Å²) < 4.78 is 8.78. The molecule has 0 unspecified atom stereocenters. The number of ether oxygens (including phenoxy) is 1. The van der Waals surface area contributed by atoms with Crippen molar-refractivity contribution >= 4 is 26.8 Å². The number of benzene rings is 2. The summed E-state index contributed by atoms with van der Waals surface area (Å²) in [5.74, 6) is 0.919. The summed E-state index contributed by atoms with van der Waals surface area (Å²) in [5.41, 5.74) is 3.73. The number of nitrogens with zero attached hydrogens (tertiary/aromatic N) is 1. The molecule has 1 heterocycles. The van der Waals surface area contributed by atoms with Gasteiger partial charge in [0, 0.05) is 27.1 Å². The topological polar surface area (TPSA) is 14.2 Å². The van der Waals surface area contributed by atoms with E-state index in [0.29, 0.717) is 0 Å². The molecule has 2 aromatic carbocycles. The summed E-state index contributed by atoms with van der Waals surface area (Å²) in [6.45, 7) is 2.95. The van der Waals surface area contributed by atoms with Crippen LogP contribution >= 0.6 is 15.9 Å². The summed E-state index contributed by atoms with van der Waals surface area (Å²) in [5, 5.41) is 1.31. The van der Waals surface area contributed by atoms with E-state index >= 15 is 0 Å². The fraction of sp³-hybridized carbons (Fsp3) is 0.176. The third-order valence-electron chi connectivity index (χ3n) is 3.61. The maximum absolute atomic E-state index is 5.45. The molecule has 0 saturated carbocycles. The average molecular weight is 330 g/mol. The van der Waals surface area contributed by atoms with E-state index < -0.39 is 0 Å². The van der Waals surface area contributed by atoms with Crippen LogP contribution in [0.4, 0.5) is 0 Å². The number of aryl methyl sites for hydroxylation is 1. The molecule has 0 saturated heterocycles. The number of halogens is 1. The molecular formula is C17H16BrNO. The van der Waals surface area contributed by atoms with Crippen LogP contribution in [0.25, 0.3) is 10.9 Å². The van der Waals surface area contributed by atoms with Gasteiger partial charge < -0.3 is 9.30 Å². The molecule has 0 fully saturated rings. The molecule has 20 heavy (non-hydrogen) atoms. The SMILES string of the molecule is COc1ccc(Br)cc1Cn1ccc2c(C)cccc21. The van der Waals surface area contributed by atoms with Gasteiger partial charge in [-0.25, -0.2) is 0 Å². The monoisotopic (exact) mass is 329 g/mol. The summed E-state index contributed by atoms with van der Waals surface area (Å²) in [7, 11) is 1.71. The van der Waals surface area contributed by atoms with E-state index in [2.05, 4.69) is 63.9 Å². The van der Waals surface area contributed by atoms with Gasteiger partial charge in [0.2, 0.25) is 0 Å². The van der Waals surface area contributed by atoms with Crippen LogP contribution in [0.3, 0.4) is 0 Å². The van der Waals surface area contributed by atoms with Crippen LogP contribution in [0.15, 0.2) is 53.1 Å². The van der Waals surface area contributed by atoms with Crippen LogP contribution in [0, 0.1) is 6.92 Å². The zero-order valence-electron chi connectivity index (χ0n) is 11.6. The van der Waals surface area contributed by atoms with Crippen molar-refractivity contribution in [1.29, 1.82) is 0 Å². The largest absolute Gasteiger partial charge is 0.496 e. The molecule has 0 N–H and O–H groups in total. The second-order valence-electron chi connectivity index (χ2n) is 4.91. The van der Waals surface area contributed by atoms with E-state index in [1.807, 2.05) is 12.1 Å². The Bertz CT molecular complexity index is 761. The number of hydrogen-bond acceptors (Lipinski definition) is 1. The Hall–Kier alpha value is -1.74. The molecule has 3 rings (SSSR count).